The monoisotopic (exact) mass is 392 g/mol. The summed E-state index contributed by atoms with van der Waals surface area (Å²) in [5.74, 6) is -0.347. The zero-order valence-electron chi connectivity index (χ0n) is 13.6. The Morgan fingerprint density at radius 1 is 1.17 bits per heavy atom. The van der Waals surface area contributed by atoms with Crippen molar-refractivity contribution in [1.29, 1.82) is 0 Å². The summed E-state index contributed by atoms with van der Waals surface area (Å²) in [7, 11) is 0. The molecule has 24 heavy (non-hydrogen) atoms. The third kappa shape index (κ3) is 3.80. The molecule has 1 aliphatic heterocycles. The zero-order chi connectivity index (χ0) is 17.1. The van der Waals surface area contributed by atoms with Crippen LogP contribution in [0.3, 0.4) is 0 Å². The third-order valence-corrected chi connectivity index (χ3v) is 5.05. The molecule has 1 aromatic carbocycles. The van der Waals surface area contributed by atoms with Gasteiger partial charge in [0.15, 0.2) is 0 Å². The molecule has 1 fully saturated rings. The number of hydrogen-bond acceptors (Lipinski definition) is 3. The summed E-state index contributed by atoms with van der Waals surface area (Å²) in [5.41, 5.74) is 1.87. The van der Waals surface area contributed by atoms with E-state index in [4.69, 9.17) is 4.74 Å². The second-order valence-electron chi connectivity index (χ2n) is 6.29. The largest absolute Gasteiger partial charge is 0.459 e. The molecule has 1 saturated carbocycles. The zero-order valence-corrected chi connectivity index (χ0v) is 15.2. The van der Waals surface area contributed by atoms with E-state index < -0.39 is 6.04 Å². The standard InChI is InChI=1S/C18H21BrN2O3/c1-11-15(17(22)24-14-5-3-2-4-6-14)16(21-18(23)20-11)12-7-9-13(19)10-8-12/h7-10,14,16H,2-6H2,1H3,(H2,20,21,23)/t16-/m0/s1. The van der Waals surface area contributed by atoms with Crippen molar-refractivity contribution in [3.63, 3.8) is 0 Å². The molecule has 0 saturated heterocycles. The molecular formula is C18H21BrN2O3. The highest BCUT2D eigenvalue weighted by Crippen LogP contribution is 2.30. The van der Waals surface area contributed by atoms with Crippen LogP contribution in [-0.2, 0) is 9.53 Å². The van der Waals surface area contributed by atoms with Gasteiger partial charge >= 0.3 is 12.0 Å². The van der Waals surface area contributed by atoms with Crippen LogP contribution in [0.1, 0.15) is 50.6 Å². The van der Waals surface area contributed by atoms with Crippen LogP contribution in [0.4, 0.5) is 4.79 Å². The lowest BCUT2D eigenvalue weighted by atomic mass is 9.95. The van der Waals surface area contributed by atoms with Crippen LogP contribution in [0.5, 0.6) is 0 Å². The number of halogens is 1. The van der Waals surface area contributed by atoms with Gasteiger partial charge in [-0.05, 0) is 50.3 Å². The van der Waals surface area contributed by atoms with Gasteiger partial charge in [0.25, 0.3) is 0 Å². The Hall–Kier alpha value is -1.82. The lowest BCUT2D eigenvalue weighted by Gasteiger charge is -2.30. The number of hydrogen-bond donors (Lipinski definition) is 2. The van der Waals surface area contributed by atoms with Crippen LogP contribution in [-0.4, -0.2) is 18.1 Å². The molecule has 0 aromatic heterocycles. The predicted octanol–water partition coefficient (Wildman–Crippen LogP) is 3.95. The molecule has 1 heterocycles. The fourth-order valence-corrected chi connectivity index (χ4v) is 3.53. The number of esters is 1. The van der Waals surface area contributed by atoms with Crippen molar-refractivity contribution in [2.24, 2.45) is 0 Å². The number of allylic oxidation sites excluding steroid dienone is 1. The molecule has 6 heteroatoms. The summed E-state index contributed by atoms with van der Waals surface area (Å²) < 4.78 is 6.66. The lowest BCUT2D eigenvalue weighted by Crippen LogP contribution is -2.45. The first-order chi connectivity index (χ1) is 11.5. The number of carbonyl (C=O) groups is 2. The first-order valence-corrected chi connectivity index (χ1v) is 9.08. The minimum atomic E-state index is -0.497. The number of carbonyl (C=O) groups excluding carboxylic acids is 2. The fraction of sp³-hybridized carbons (Fsp3) is 0.444. The predicted molar refractivity (Wildman–Crippen MR) is 94.2 cm³/mol. The van der Waals surface area contributed by atoms with E-state index in [0.29, 0.717) is 11.3 Å². The van der Waals surface area contributed by atoms with Crippen molar-refractivity contribution in [2.45, 2.75) is 51.2 Å². The highest BCUT2D eigenvalue weighted by Gasteiger charge is 2.33. The molecule has 0 spiro atoms. The van der Waals surface area contributed by atoms with Crippen molar-refractivity contribution in [2.75, 3.05) is 0 Å². The molecule has 1 atom stereocenters. The van der Waals surface area contributed by atoms with Gasteiger partial charge in [-0.1, -0.05) is 34.5 Å². The molecular weight excluding hydrogens is 372 g/mol. The molecule has 0 unspecified atom stereocenters. The molecule has 5 nitrogen and oxygen atoms in total. The Morgan fingerprint density at radius 2 is 1.83 bits per heavy atom. The molecule has 0 radical (unpaired) electrons. The summed E-state index contributed by atoms with van der Waals surface area (Å²) >= 11 is 3.40. The van der Waals surface area contributed by atoms with Gasteiger partial charge in [0.05, 0.1) is 11.6 Å². The van der Waals surface area contributed by atoms with Crippen LogP contribution >= 0.6 is 15.9 Å². The summed E-state index contributed by atoms with van der Waals surface area (Å²) in [6, 6.07) is 6.76. The van der Waals surface area contributed by atoms with Crippen molar-refractivity contribution in [3.05, 3.63) is 45.6 Å². The Kier molecular flexibility index (Phi) is 5.23. The van der Waals surface area contributed by atoms with Gasteiger partial charge < -0.3 is 15.4 Å². The number of rotatable bonds is 3. The highest BCUT2D eigenvalue weighted by atomic mass is 79.9. The van der Waals surface area contributed by atoms with Crippen LogP contribution in [0, 0.1) is 0 Å². The van der Waals surface area contributed by atoms with Crippen LogP contribution in [0.2, 0.25) is 0 Å². The number of amides is 2. The molecule has 2 N–H and O–H groups in total. The van der Waals surface area contributed by atoms with Gasteiger partial charge in [0.2, 0.25) is 0 Å². The molecule has 0 bridgehead atoms. The number of ether oxygens (including phenoxy) is 1. The number of nitrogens with one attached hydrogen (secondary N) is 2. The van der Waals surface area contributed by atoms with E-state index in [1.165, 1.54) is 6.42 Å². The van der Waals surface area contributed by atoms with Crippen LogP contribution in [0.25, 0.3) is 0 Å². The Labute approximate surface area is 150 Å². The van der Waals surface area contributed by atoms with E-state index in [9.17, 15) is 9.59 Å². The summed E-state index contributed by atoms with van der Waals surface area (Å²) in [6.45, 7) is 1.74. The maximum absolute atomic E-state index is 12.8. The smallest absolute Gasteiger partial charge is 0.338 e. The van der Waals surface area contributed by atoms with Gasteiger partial charge in [0.1, 0.15) is 6.10 Å². The molecule has 2 amide bonds. The van der Waals surface area contributed by atoms with Crippen molar-refractivity contribution in [1.82, 2.24) is 10.6 Å². The highest BCUT2D eigenvalue weighted by molar-refractivity contribution is 9.10. The van der Waals surface area contributed by atoms with E-state index in [1.807, 2.05) is 24.3 Å². The van der Waals surface area contributed by atoms with E-state index >= 15 is 0 Å². The van der Waals surface area contributed by atoms with Gasteiger partial charge in [0, 0.05) is 10.2 Å². The lowest BCUT2D eigenvalue weighted by molar-refractivity contribution is -0.146. The average Bonchev–Trinajstić information content (AvgIpc) is 2.55. The second kappa shape index (κ2) is 7.38. The van der Waals surface area contributed by atoms with Crippen molar-refractivity contribution >= 4 is 27.9 Å². The van der Waals surface area contributed by atoms with Crippen molar-refractivity contribution < 1.29 is 14.3 Å². The SMILES string of the molecule is CC1=C(C(=O)OC2CCCCC2)[C@H](c2ccc(Br)cc2)NC(=O)N1. The molecule has 1 aliphatic carbocycles. The fourth-order valence-electron chi connectivity index (χ4n) is 3.27. The Balaban J connectivity index is 1.85. The molecule has 3 rings (SSSR count). The first-order valence-electron chi connectivity index (χ1n) is 8.29. The van der Waals surface area contributed by atoms with Gasteiger partial charge in [-0.3, -0.25) is 0 Å². The average molecular weight is 393 g/mol. The Morgan fingerprint density at radius 3 is 2.50 bits per heavy atom. The number of urea groups is 1. The van der Waals surface area contributed by atoms with Gasteiger partial charge in [-0.25, -0.2) is 9.59 Å². The maximum Gasteiger partial charge on any atom is 0.338 e. The topological polar surface area (TPSA) is 67.4 Å². The van der Waals surface area contributed by atoms with E-state index in [0.717, 1.165) is 35.7 Å². The normalized spacial score (nSPS) is 21.9. The summed E-state index contributed by atoms with van der Waals surface area (Å²) in [6.07, 6.45) is 5.22. The van der Waals surface area contributed by atoms with Crippen molar-refractivity contribution in [3.8, 4) is 0 Å². The summed E-state index contributed by atoms with van der Waals surface area (Å²) in [5, 5.41) is 5.50. The van der Waals surface area contributed by atoms with E-state index in [1.54, 1.807) is 6.92 Å². The quantitative estimate of drug-likeness (QED) is 0.765. The van der Waals surface area contributed by atoms with Gasteiger partial charge in [-0.2, -0.15) is 0 Å². The second-order valence-corrected chi connectivity index (χ2v) is 7.20. The summed E-state index contributed by atoms with van der Waals surface area (Å²) in [4.78, 5) is 24.6. The molecule has 128 valence electrons. The molecule has 2 aliphatic rings. The van der Waals surface area contributed by atoms with Crippen LogP contribution in [0.15, 0.2) is 40.0 Å². The van der Waals surface area contributed by atoms with E-state index in [-0.39, 0.29) is 18.1 Å². The first kappa shape index (κ1) is 17.0. The van der Waals surface area contributed by atoms with E-state index in [2.05, 4.69) is 26.6 Å². The van der Waals surface area contributed by atoms with Gasteiger partial charge in [-0.15, -0.1) is 0 Å². The van der Waals surface area contributed by atoms with Crippen LogP contribution < -0.4 is 10.6 Å². The Bertz CT molecular complexity index is 663. The maximum atomic E-state index is 12.8. The number of benzene rings is 1. The minimum absolute atomic E-state index is 0.0188. The molecule has 1 aromatic rings. The minimum Gasteiger partial charge on any atom is -0.459 e. The third-order valence-electron chi connectivity index (χ3n) is 4.52.